The summed E-state index contributed by atoms with van der Waals surface area (Å²) in [4.78, 5) is 8.82. The molecule has 3 rings (SSSR count). The van der Waals surface area contributed by atoms with E-state index in [9.17, 15) is 0 Å². The lowest BCUT2D eigenvalue weighted by atomic mass is 10.1. The molecule has 0 saturated carbocycles. The summed E-state index contributed by atoms with van der Waals surface area (Å²) < 4.78 is 16.4. The normalized spacial score (nSPS) is 12.3. The molecule has 1 aromatic heterocycles. The van der Waals surface area contributed by atoms with Crippen LogP contribution in [0.15, 0.2) is 64.2 Å². The lowest BCUT2D eigenvalue weighted by molar-refractivity contribution is 0.394. The molecule has 0 aliphatic heterocycles. The van der Waals surface area contributed by atoms with E-state index >= 15 is 0 Å². The molecule has 1 unspecified atom stereocenters. The van der Waals surface area contributed by atoms with Crippen LogP contribution in [0.2, 0.25) is 0 Å². The predicted octanol–water partition coefficient (Wildman–Crippen LogP) is 3.79. The van der Waals surface area contributed by atoms with Crippen molar-refractivity contribution in [2.24, 2.45) is 4.99 Å². The molecular formula is C22H26N4O3. The van der Waals surface area contributed by atoms with Gasteiger partial charge >= 0.3 is 0 Å². The molecule has 7 heteroatoms. The minimum Gasteiger partial charge on any atom is -0.497 e. The Morgan fingerprint density at radius 3 is 2.62 bits per heavy atom. The maximum atomic E-state index is 5.58. The zero-order valence-corrected chi connectivity index (χ0v) is 17.1. The third-order valence-electron chi connectivity index (χ3n) is 4.49. The zero-order valence-electron chi connectivity index (χ0n) is 17.1. The Bertz CT molecular complexity index is 954. The largest absolute Gasteiger partial charge is 0.497 e. The summed E-state index contributed by atoms with van der Waals surface area (Å²) >= 11 is 0. The fourth-order valence-corrected chi connectivity index (χ4v) is 2.93. The molecule has 1 heterocycles. The summed E-state index contributed by atoms with van der Waals surface area (Å²) in [6.45, 7) is 2.52. The number of oxazole rings is 1. The van der Waals surface area contributed by atoms with E-state index in [0.29, 0.717) is 18.4 Å². The summed E-state index contributed by atoms with van der Waals surface area (Å²) in [7, 11) is 5.02. The summed E-state index contributed by atoms with van der Waals surface area (Å²) in [5.74, 6) is 2.80. The second-order valence-electron chi connectivity index (χ2n) is 6.41. The first-order valence-corrected chi connectivity index (χ1v) is 9.33. The van der Waals surface area contributed by atoms with Crippen LogP contribution in [0.4, 0.5) is 0 Å². The smallest absolute Gasteiger partial charge is 0.226 e. The lowest BCUT2D eigenvalue weighted by Crippen LogP contribution is -2.38. The molecule has 2 N–H and O–H groups in total. The molecular weight excluding hydrogens is 368 g/mol. The quantitative estimate of drug-likeness (QED) is 0.469. The van der Waals surface area contributed by atoms with Crippen molar-refractivity contribution in [3.8, 4) is 23.0 Å². The van der Waals surface area contributed by atoms with Gasteiger partial charge in [-0.25, -0.2) is 4.98 Å². The van der Waals surface area contributed by atoms with E-state index in [1.54, 1.807) is 27.5 Å². The number of guanidine groups is 1. The molecule has 3 aromatic rings. The summed E-state index contributed by atoms with van der Waals surface area (Å²) in [6, 6.07) is 15.5. The lowest BCUT2D eigenvalue weighted by Gasteiger charge is -2.20. The number of hydrogen-bond acceptors (Lipinski definition) is 5. The van der Waals surface area contributed by atoms with Gasteiger partial charge in [0, 0.05) is 18.2 Å². The number of hydrogen-bond donors (Lipinski definition) is 2. The van der Waals surface area contributed by atoms with Crippen molar-refractivity contribution in [3.63, 3.8) is 0 Å². The molecule has 0 aliphatic carbocycles. The molecule has 0 amide bonds. The van der Waals surface area contributed by atoms with Gasteiger partial charge in [0.2, 0.25) is 5.89 Å². The van der Waals surface area contributed by atoms with Crippen LogP contribution in [0.3, 0.4) is 0 Å². The van der Waals surface area contributed by atoms with Gasteiger partial charge < -0.3 is 24.5 Å². The Morgan fingerprint density at radius 2 is 1.93 bits per heavy atom. The highest BCUT2D eigenvalue weighted by Crippen LogP contribution is 2.29. The molecule has 7 nitrogen and oxygen atoms in total. The average Bonchev–Trinajstić information content (AvgIpc) is 3.25. The summed E-state index contributed by atoms with van der Waals surface area (Å²) in [5.41, 5.74) is 2.71. The fraction of sp³-hybridized carbons (Fsp3) is 0.273. The van der Waals surface area contributed by atoms with Crippen molar-refractivity contribution < 1.29 is 13.9 Å². The highest BCUT2D eigenvalue weighted by atomic mass is 16.5. The average molecular weight is 394 g/mol. The van der Waals surface area contributed by atoms with E-state index in [1.807, 2.05) is 55.5 Å². The van der Waals surface area contributed by atoms with E-state index < -0.39 is 0 Å². The van der Waals surface area contributed by atoms with Gasteiger partial charge in [0.05, 0.1) is 32.5 Å². The van der Waals surface area contributed by atoms with Crippen LogP contribution in [-0.4, -0.2) is 32.2 Å². The number of rotatable bonds is 7. The minimum atomic E-state index is -0.0524. The topological polar surface area (TPSA) is 80.9 Å². The molecule has 1 atom stereocenters. The Balaban J connectivity index is 1.64. The number of methoxy groups -OCH3 is 2. The standard InChI is InChI=1S/C22H26N4O3/c1-15(19-12-18(27-3)10-11-20(19)28-4)25-22(23-2)24-13-17-14-29-21(26-17)16-8-6-5-7-9-16/h5-12,14-15H,13H2,1-4H3,(H2,23,24,25). The Kier molecular flexibility index (Phi) is 6.73. The Labute approximate surface area is 170 Å². The van der Waals surface area contributed by atoms with Crippen LogP contribution in [-0.2, 0) is 6.54 Å². The van der Waals surface area contributed by atoms with E-state index in [-0.39, 0.29) is 6.04 Å². The zero-order chi connectivity index (χ0) is 20.6. The predicted molar refractivity (Wildman–Crippen MR) is 113 cm³/mol. The van der Waals surface area contributed by atoms with Crippen molar-refractivity contribution in [2.75, 3.05) is 21.3 Å². The van der Waals surface area contributed by atoms with Crippen LogP contribution in [0.25, 0.3) is 11.5 Å². The number of ether oxygens (including phenoxy) is 2. The number of aromatic nitrogens is 1. The molecule has 0 radical (unpaired) electrons. The third kappa shape index (κ3) is 5.07. The summed E-state index contributed by atoms with van der Waals surface area (Å²) in [6.07, 6.45) is 1.65. The summed E-state index contributed by atoms with van der Waals surface area (Å²) in [5, 5.41) is 6.62. The maximum absolute atomic E-state index is 5.58. The third-order valence-corrected chi connectivity index (χ3v) is 4.49. The molecule has 2 aromatic carbocycles. The van der Waals surface area contributed by atoms with Crippen LogP contribution >= 0.6 is 0 Å². The first kappa shape index (κ1) is 20.3. The second kappa shape index (κ2) is 9.64. The first-order chi connectivity index (χ1) is 14.1. The Morgan fingerprint density at radius 1 is 1.14 bits per heavy atom. The van der Waals surface area contributed by atoms with Gasteiger partial charge in [-0.2, -0.15) is 0 Å². The first-order valence-electron chi connectivity index (χ1n) is 9.33. The van der Waals surface area contributed by atoms with Gasteiger partial charge in [-0.05, 0) is 37.3 Å². The molecule has 0 spiro atoms. The molecule has 152 valence electrons. The van der Waals surface area contributed by atoms with Gasteiger partial charge in [-0.1, -0.05) is 18.2 Å². The fourth-order valence-electron chi connectivity index (χ4n) is 2.93. The number of nitrogens with one attached hydrogen (secondary N) is 2. The van der Waals surface area contributed by atoms with Gasteiger partial charge in [0.1, 0.15) is 17.8 Å². The monoisotopic (exact) mass is 394 g/mol. The Hall–Kier alpha value is -3.48. The molecule has 0 aliphatic rings. The van der Waals surface area contributed by atoms with E-state index in [1.165, 1.54) is 0 Å². The highest BCUT2D eigenvalue weighted by Gasteiger charge is 2.15. The van der Waals surface area contributed by atoms with Crippen LogP contribution in [0.1, 0.15) is 24.2 Å². The van der Waals surface area contributed by atoms with Crippen molar-refractivity contribution in [3.05, 3.63) is 66.1 Å². The van der Waals surface area contributed by atoms with E-state index in [4.69, 9.17) is 13.9 Å². The number of aliphatic imine (C=N–C) groups is 1. The van der Waals surface area contributed by atoms with Crippen molar-refractivity contribution >= 4 is 5.96 Å². The molecule has 0 saturated heterocycles. The van der Waals surface area contributed by atoms with Gasteiger partial charge in [0.25, 0.3) is 0 Å². The van der Waals surface area contributed by atoms with Crippen molar-refractivity contribution in [2.45, 2.75) is 19.5 Å². The molecule has 0 bridgehead atoms. The second-order valence-corrected chi connectivity index (χ2v) is 6.41. The molecule has 29 heavy (non-hydrogen) atoms. The minimum absolute atomic E-state index is 0.0524. The van der Waals surface area contributed by atoms with Crippen molar-refractivity contribution in [1.29, 1.82) is 0 Å². The van der Waals surface area contributed by atoms with Gasteiger partial charge in [-0.3, -0.25) is 4.99 Å². The SMILES string of the molecule is CN=C(NCc1coc(-c2ccccc2)n1)NC(C)c1cc(OC)ccc1OC. The van der Waals surface area contributed by atoms with Crippen LogP contribution in [0.5, 0.6) is 11.5 Å². The van der Waals surface area contributed by atoms with Crippen LogP contribution in [0, 0.1) is 0 Å². The van der Waals surface area contributed by atoms with E-state index in [0.717, 1.165) is 28.3 Å². The maximum Gasteiger partial charge on any atom is 0.226 e. The van der Waals surface area contributed by atoms with Gasteiger partial charge in [-0.15, -0.1) is 0 Å². The number of benzene rings is 2. The molecule has 0 fully saturated rings. The van der Waals surface area contributed by atoms with Crippen molar-refractivity contribution in [1.82, 2.24) is 15.6 Å². The number of nitrogens with zero attached hydrogens (tertiary/aromatic N) is 2. The van der Waals surface area contributed by atoms with Gasteiger partial charge in [0.15, 0.2) is 5.96 Å². The van der Waals surface area contributed by atoms with Crippen LogP contribution < -0.4 is 20.1 Å². The van der Waals surface area contributed by atoms with E-state index in [2.05, 4.69) is 20.6 Å². The highest BCUT2D eigenvalue weighted by molar-refractivity contribution is 5.80.